The molecule has 4 nitrogen and oxygen atoms in total. The third-order valence-electron chi connectivity index (χ3n) is 2.20. The van der Waals surface area contributed by atoms with Crippen LogP contribution in [0.3, 0.4) is 0 Å². The van der Waals surface area contributed by atoms with Crippen LogP contribution in [0.15, 0.2) is 36.4 Å². The number of pyridine rings is 1. The van der Waals surface area contributed by atoms with Gasteiger partial charge in [-0.05, 0) is 24.3 Å². The van der Waals surface area contributed by atoms with E-state index in [1.54, 1.807) is 36.4 Å². The molecule has 1 amide bonds. The van der Waals surface area contributed by atoms with Gasteiger partial charge in [0.15, 0.2) is 0 Å². The van der Waals surface area contributed by atoms with E-state index in [-0.39, 0.29) is 15.6 Å². The Kier molecular flexibility index (Phi) is 3.69. The second-order valence-electron chi connectivity index (χ2n) is 3.50. The minimum absolute atomic E-state index is 0.213. The van der Waals surface area contributed by atoms with Crippen molar-refractivity contribution in [3.63, 3.8) is 0 Å². The molecular weight excluding hydrogens is 273 g/mol. The SMILES string of the molecule is Nc1cccc(NC(=O)c2c(Cl)cccc2Cl)n1. The summed E-state index contributed by atoms with van der Waals surface area (Å²) in [5.74, 6) is 0.234. The van der Waals surface area contributed by atoms with Crippen LogP contribution in [0.4, 0.5) is 11.6 Å². The number of halogens is 2. The molecule has 0 saturated heterocycles. The van der Waals surface area contributed by atoms with E-state index >= 15 is 0 Å². The number of hydrogen-bond acceptors (Lipinski definition) is 3. The molecule has 92 valence electrons. The summed E-state index contributed by atoms with van der Waals surface area (Å²) in [7, 11) is 0. The monoisotopic (exact) mass is 281 g/mol. The first-order valence-corrected chi connectivity index (χ1v) is 5.81. The van der Waals surface area contributed by atoms with Crippen molar-refractivity contribution in [3.8, 4) is 0 Å². The van der Waals surface area contributed by atoms with Gasteiger partial charge >= 0.3 is 0 Å². The third kappa shape index (κ3) is 2.72. The Morgan fingerprint density at radius 3 is 2.33 bits per heavy atom. The lowest BCUT2D eigenvalue weighted by Crippen LogP contribution is -2.14. The predicted molar refractivity (Wildman–Crippen MR) is 73.1 cm³/mol. The van der Waals surface area contributed by atoms with E-state index in [9.17, 15) is 4.79 Å². The Hall–Kier alpha value is -1.78. The third-order valence-corrected chi connectivity index (χ3v) is 2.83. The lowest BCUT2D eigenvalue weighted by Gasteiger charge is -2.07. The zero-order valence-corrected chi connectivity index (χ0v) is 10.7. The smallest absolute Gasteiger partial charge is 0.259 e. The van der Waals surface area contributed by atoms with Gasteiger partial charge in [0.25, 0.3) is 5.91 Å². The second-order valence-corrected chi connectivity index (χ2v) is 4.31. The number of hydrogen-bond donors (Lipinski definition) is 2. The van der Waals surface area contributed by atoms with E-state index in [1.165, 1.54) is 0 Å². The lowest BCUT2D eigenvalue weighted by atomic mass is 10.2. The van der Waals surface area contributed by atoms with Crippen LogP contribution in [0.2, 0.25) is 10.0 Å². The molecule has 0 aliphatic carbocycles. The van der Waals surface area contributed by atoms with E-state index in [2.05, 4.69) is 10.3 Å². The Morgan fingerprint density at radius 2 is 1.72 bits per heavy atom. The fraction of sp³-hybridized carbons (Fsp3) is 0. The number of nitrogen functional groups attached to an aromatic ring is 1. The van der Waals surface area contributed by atoms with Crippen molar-refractivity contribution in [3.05, 3.63) is 52.0 Å². The van der Waals surface area contributed by atoms with Gasteiger partial charge in [0.1, 0.15) is 11.6 Å². The van der Waals surface area contributed by atoms with Crippen LogP contribution >= 0.6 is 23.2 Å². The van der Waals surface area contributed by atoms with Crippen LogP contribution in [0.1, 0.15) is 10.4 Å². The van der Waals surface area contributed by atoms with Gasteiger partial charge < -0.3 is 11.1 Å². The number of anilines is 2. The second kappa shape index (κ2) is 5.25. The van der Waals surface area contributed by atoms with Crippen molar-refractivity contribution in [2.24, 2.45) is 0 Å². The topological polar surface area (TPSA) is 68.0 Å². The Morgan fingerprint density at radius 1 is 1.11 bits per heavy atom. The summed E-state index contributed by atoms with van der Waals surface area (Å²) in [6, 6.07) is 9.79. The molecule has 0 radical (unpaired) electrons. The predicted octanol–water partition coefficient (Wildman–Crippen LogP) is 3.22. The van der Waals surface area contributed by atoms with Crippen LogP contribution in [0.25, 0.3) is 0 Å². The molecular formula is C12H9Cl2N3O. The first kappa shape index (κ1) is 12.7. The van der Waals surface area contributed by atoms with Gasteiger partial charge in [-0.1, -0.05) is 35.3 Å². The highest BCUT2D eigenvalue weighted by molar-refractivity contribution is 6.40. The Bertz CT molecular complexity index is 581. The van der Waals surface area contributed by atoms with E-state index in [4.69, 9.17) is 28.9 Å². The molecule has 2 rings (SSSR count). The molecule has 1 heterocycles. The number of nitrogens with zero attached hydrogens (tertiary/aromatic N) is 1. The Balaban J connectivity index is 2.28. The van der Waals surface area contributed by atoms with E-state index in [0.717, 1.165) is 0 Å². The summed E-state index contributed by atoms with van der Waals surface area (Å²) in [5, 5.41) is 3.14. The van der Waals surface area contributed by atoms with Crippen molar-refractivity contribution in [1.29, 1.82) is 0 Å². The Labute approximate surface area is 114 Å². The molecule has 0 saturated carbocycles. The lowest BCUT2D eigenvalue weighted by molar-refractivity contribution is 0.102. The molecule has 1 aromatic heterocycles. The first-order valence-electron chi connectivity index (χ1n) is 5.06. The molecule has 0 unspecified atom stereocenters. The van der Waals surface area contributed by atoms with Crippen molar-refractivity contribution in [2.75, 3.05) is 11.1 Å². The number of aromatic nitrogens is 1. The summed E-state index contributed by atoms with van der Waals surface area (Å²) < 4.78 is 0. The molecule has 3 N–H and O–H groups in total. The zero-order valence-electron chi connectivity index (χ0n) is 9.15. The number of amides is 1. The fourth-order valence-electron chi connectivity index (χ4n) is 1.41. The van der Waals surface area contributed by atoms with Gasteiger partial charge in [0, 0.05) is 0 Å². The van der Waals surface area contributed by atoms with E-state index in [0.29, 0.717) is 11.6 Å². The number of nitrogens with two attached hydrogens (primary N) is 1. The van der Waals surface area contributed by atoms with Gasteiger partial charge in [-0.25, -0.2) is 4.98 Å². The average molecular weight is 282 g/mol. The molecule has 0 spiro atoms. The summed E-state index contributed by atoms with van der Waals surface area (Å²) >= 11 is 11.9. The van der Waals surface area contributed by atoms with Crippen LogP contribution in [-0.4, -0.2) is 10.9 Å². The quantitative estimate of drug-likeness (QED) is 0.888. The van der Waals surface area contributed by atoms with Crippen LogP contribution in [-0.2, 0) is 0 Å². The van der Waals surface area contributed by atoms with Gasteiger partial charge in [-0.3, -0.25) is 4.79 Å². The molecule has 0 atom stereocenters. The minimum atomic E-state index is -0.427. The van der Waals surface area contributed by atoms with Crippen LogP contribution < -0.4 is 11.1 Å². The summed E-state index contributed by atoms with van der Waals surface area (Å²) in [6.45, 7) is 0. The van der Waals surface area contributed by atoms with Gasteiger partial charge in [0.05, 0.1) is 15.6 Å². The fourth-order valence-corrected chi connectivity index (χ4v) is 1.98. The molecule has 18 heavy (non-hydrogen) atoms. The highest BCUT2D eigenvalue weighted by Gasteiger charge is 2.14. The van der Waals surface area contributed by atoms with Crippen LogP contribution in [0.5, 0.6) is 0 Å². The summed E-state index contributed by atoms with van der Waals surface area (Å²) in [6.07, 6.45) is 0. The first-order chi connectivity index (χ1) is 8.58. The summed E-state index contributed by atoms with van der Waals surface area (Å²) in [4.78, 5) is 16.0. The zero-order chi connectivity index (χ0) is 13.1. The highest BCUT2D eigenvalue weighted by atomic mass is 35.5. The number of nitrogens with one attached hydrogen (secondary N) is 1. The van der Waals surface area contributed by atoms with Gasteiger partial charge in [-0.2, -0.15) is 0 Å². The normalized spacial score (nSPS) is 10.1. The number of carbonyl (C=O) groups is 1. The molecule has 0 aliphatic heterocycles. The van der Waals surface area contributed by atoms with Crippen LogP contribution in [0, 0.1) is 0 Å². The van der Waals surface area contributed by atoms with E-state index < -0.39 is 5.91 Å². The molecule has 6 heteroatoms. The van der Waals surface area contributed by atoms with Gasteiger partial charge in [0.2, 0.25) is 0 Å². The molecule has 0 bridgehead atoms. The number of benzene rings is 1. The maximum absolute atomic E-state index is 12.0. The minimum Gasteiger partial charge on any atom is -0.384 e. The summed E-state index contributed by atoms with van der Waals surface area (Å²) in [5.41, 5.74) is 5.73. The molecule has 2 aromatic rings. The maximum atomic E-state index is 12.0. The maximum Gasteiger partial charge on any atom is 0.259 e. The number of rotatable bonds is 2. The molecule has 0 aliphatic rings. The van der Waals surface area contributed by atoms with Gasteiger partial charge in [-0.15, -0.1) is 0 Å². The molecule has 0 fully saturated rings. The molecule has 1 aromatic carbocycles. The highest BCUT2D eigenvalue weighted by Crippen LogP contribution is 2.25. The number of carbonyl (C=O) groups excluding carboxylic acids is 1. The largest absolute Gasteiger partial charge is 0.384 e. The average Bonchev–Trinajstić information content (AvgIpc) is 2.28. The standard InChI is InChI=1S/C12H9Cl2N3O/c13-7-3-1-4-8(14)11(7)12(18)17-10-6-2-5-9(15)16-10/h1-6H,(H3,15,16,17,18). The van der Waals surface area contributed by atoms with Crippen molar-refractivity contribution in [2.45, 2.75) is 0 Å². The van der Waals surface area contributed by atoms with Crippen molar-refractivity contribution < 1.29 is 4.79 Å². The van der Waals surface area contributed by atoms with Crippen molar-refractivity contribution in [1.82, 2.24) is 4.98 Å². The van der Waals surface area contributed by atoms with E-state index in [1.807, 2.05) is 0 Å². The van der Waals surface area contributed by atoms with Crippen molar-refractivity contribution >= 4 is 40.7 Å².